The number of benzene rings is 2. The third-order valence-electron chi connectivity index (χ3n) is 5.71. The van der Waals surface area contributed by atoms with Crippen LogP contribution < -0.4 is 5.32 Å². The van der Waals surface area contributed by atoms with Gasteiger partial charge in [-0.2, -0.15) is 5.10 Å². The molecule has 5 rings (SSSR count). The molecular weight excluding hydrogens is 544 g/mol. The summed E-state index contributed by atoms with van der Waals surface area (Å²) in [6, 6.07) is 18.6. The molecule has 0 saturated heterocycles. The molecule has 1 N–H and O–H groups in total. The maximum atomic E-state index is 15.0. The summed E-state index contributed by atoms with van der Waals surface area (Å²) in [5.74, 6) is -0.449. The quantitative estimate of drug-likeness (QED) is 0.274. The van der Waals surface area contributed by atoms with Crippen LogP contribution in [-0.2, 0) is 13.0 Å². The van der Waals surface area contributed by atoms with Crippen molar-refractivity contribution >= 4 is 39.7 Å². The lowest BCUT2D eigenvalue weighted by molar-refractivity contribution is 0.0955. The zero-order chi connectivity index (χ0) is 23.5. The van der Waals surface area contributed by atoms with Gasteiger partial charge in [0.1, 0.15) is 5.82 Å². The van der Waals surface area contributed by atoms with Crippen LogP contribution in [-0.4, -0.2) is 30.0 Å². The predicted octanol–water partition coefficient (Wildman–Crippen LogP) is 5.26. The fourth-order valence-corrected chi connectivity index (χ4v) is 4.41. The molecule has 0 atom stereocenters. The van der Waals surface area contributed by atoms with Crippen molar-refractivity contribution in [2.75, 3.05) is 6.54 Å². The largest absolute Gasteiger partial charge is 0.352 e. The second-order valence-corrected chi connectivity index (χ2v) is 8.93. The summed E-state index contributed by atoms with van der Waals surface area (Å²) < 4.78 is 18.6. The number of carbonyl (C=O) groups is 1. The molecular formula is C26H21FIN5O. The van der Waals surface area contributed by atoms with Gasteiger partial charge in [-0.05, 0) is 29.8 Å². The van der Waals surface area contributed by atoms with Crippen molar-refractivity contribution in [1.82, 2.24) is 22.9 Å². The summed E-state index contributed by atoms with van der Waals surface area (Å²) >= 11 is 2.06. The maximum absolute atomic E-state index is 15.0. The highest BCUT2D eigenvalue weighted by molar-refractivity contribution is 14.1. The Labute approximate surface area is 209 Å². The molecule has 0 aliphatic heterocycles. The average molecular weight is 565 g/mol. The van der Waals surface area contributed by atoms with Crippen LogP contribution >= 0.6 is 22.9 Å². The van der Waals surface area contributed by atoms with Crippen LogP contribution in [0.15, 0.2) is 85.5 Å². The monoisotopic (exact) mass is 565 g/mol. The zero-order valence-electron chi connectivity index (χ0n) is 18.2. The first-order valence-electron chi connectivity index (χ1n) is 10.8. The molecule has 0 fully saturated rings. The second kappa shape index (κ2) is 9.76. The Morgan fingerprint density at radius 2 is 1.88 bits per heavy atom. The number of pyridine rings is 1. The number of fused-ring (bicyclic) bond motifs is 1. The number of hydrogen-bond acceptors (Lipinski definition) is 3. The van der Waals surface area contributed by atoms with Crippen LogP contribution in [0.5, 0.6) is 0 Å². The highest BCUT2D eigenvalue weighted by Crippen LogP contribution is 2.26. The molecule has 3 aromatic heterocycles. The maximum Gasteiger partial charge on any atom is 0.253 e. The van der Waals surface area contributed by atoms with E-state index in [9.17, 15) is 9.18 Å². The van der Waals surface area contributed by atoms with E-state index >= 15 is 0 Å². The number of carbonyl (C=O) groups excluding carboxylic acids is 1. The molecule has 0 saturated carbocycles. The summed E-state index contributed by atoms with van der Waals surface area (Å²) in [5.41, 5.74) is 4.56. The molecule has 0 spiro atoms. The molecule has 34 heavy (non-hydrogen) atoms. The van der Waals surface area contributed by atoms with Crippen molar-refractivity contribution in [2.45, 2.75) is 13.0 Å². The minimum atomic E-state index is -0.294. The number of aromatic nitrogens is 4. The van der Waals surface area contributed by atoms with E-state index in [2.05, 4.69) is 38.3 Å². The van der Waals surface area contributed by atoms with Gasteiger partial charge in [0.15, 0.2) is 0 Å². The number of amides is 1. The first-order valence-corrected chi connectivity index (χ1v) is 11.8. The fourth-order valence-electron chi connectivity index (χ4n) is 3.99. The second-order valence-electron chi connectivity index (χ2n) is 7.94. The van der Waals surface area contributed by atoms with Gasteiger partial charge in [-0.15, -0.1) is 0 Å². The number of rotatable bonds is 7. The molecule has 6 nitrogen and oxygen atoms in total. The summed E-state index contributed by atoms with van der Waals surface area (Å²) in [5, 5.41) is 7.96. The van der Waals surface area contributed by atoms with Crippen LogP contribution in [0.4, 0.5) is 4.39 Å². The third-order valence-corrected chi connectivity index (χ3v) is 6.23. The van der Waals surface area contributed by atoms with E-state index < -0.39 is 0 Å². The Bertz CT molecular complexity index is 1460. The number of nitrogens with one attached hydrogen (secondary N) is 1. The van der Waals surface area contributed by atoms with E-state index in [1.807, 2.05) is 59.3 Å². The molecule has 0 radical (unpaired) electrons. The standard InChI is InChI=1S/C26H21FIN5O/c27-24-13-18(20-14-31-33(28)16-20)8-9-19(24)15-32-17-23(22-6-1-2-7-25(22)32)26(34)30-12-10-21-5-3-4-11-29-21/h1-9,11,13-14,16-17H,10,12,15H2,(H,30,34). The lowest BCUT2D eigenvalue weighted by atomic mass is 10.1. The van der Waals surface area contributed by atoms with Crippen molar-refractivity contribution in [3.63, 3.8) is 0 Å². The Balaban J connectivity index is 1.36. The SMILES string of the molecule is O=C(NCCc1ccccn1)c1cn(Cc2ccc(-c3cnn(I)c3)cc2F)c2ccccc12. The molecule has 1 amide bonds. The lowest BCUT2D eigenvalue weighted by Gasteiger charge is -2.08. The van der Waals surface area contributed by atoms with Crippen molar-refractivity contribution in [1.29, 1.82) is 0 Å². The van der Waals surface area contributed by atoms with E-state index in [4.69, 9.17) is 0 Å². The summed E-state index contributed by atoms with van der Waals surface area (Å²) in [6.45, 7) is 0.804. The van der Waals surface area contributed by atoms with E-state index in [1.54, 1.807) is 27.6 Å². The van der Waals surface area contributed by atoms with E-state index in [-0.39, 0.29) is 11.7 Å². The minimum absolute atomic E-state index is 0.155. The third kappa shape index (κ3) is 4.72. The number of halogens is 2. The number of nitrogens with zero attached hydrogens (tertiary/aromatic N) is 4. The molecule has 0 unspecified atom stereocenters. The summed E-state index contributed by atoms with van der Waals surface area (Å²) in [7, 11) is 0. The molecule has 0 bridgehead atoms. The van der Waals surface area contributed by atoms with E-state index in [0.717, 1.165) is 27.7 Å². The molecule has 2 aromatic carbocycles. The van der Waals surface area contributed by atoms with E-state index in [0.29, 0.717) is 30.6 Å². The van der Waals surface area contributed by atoms with Gasteiger partial charge < -0.3 is 9.88 Å². The molecule has 0 aliphatic carbocycles. The topological polar surface area (TPSA) is 64.7 Å². The summed E-state index contributed by atoms with van der Waals surface area (Å²) in [6.07, 6.45) is 7.74. The molecule has 5 aromatic rings. The fraction of sp³-hybridized carbons (Fsp3) is 0.115. The van der Waals surface area contributed by atoms with Crippen molar-refractivity contribution in [2.24, 2.45) is 0 Å². The lowest BCUT2D eigenvalue weighted by Crippen LogP contribution is -2.25. The van der Waals surface area contributed by atoms with Gasteiger partial charge in [-0.1, -0.05) is 36.4 Å². The van der Waals surface area contributed by atoms with Crippen LogP contribution in [0, 0.1) is 5.82 Å². The number of para-hydroxylation sites is 1. The van der Waals surface area contributed by atoms with Crippen LogP contribution in [0.2, 0.25) is 0 Å². The van der Waals surface area contributed by atoms with Gasteiger partial charge in [0.25, 0.3) is 5.91 Å². The van der Waals surface area contributed by atoms with Crippen molar-refractivity contribution in [3.8, 4) is 11.1 Å². The Morgan fingerprint density at radius 1 is 1.03 bits per heavy atom. The van der Waals surface area contributed by atoms with E-state index in [1.165, 1.54) is 6.07 Å². The zero-order valence-corrected chi connectivity index (χ0v) is 20.3. The molecule has 8 heteroatoms. The highest BCUT2D eigenvalue weighted by atomic mass is 127. The predicted molar refractivity (Wildman–Crippen MR) is 138 cm³/mol. The smallest absolute Gasteiger partial charge is 0.253 e. The number of hydrogen-bond donors (Lipinski definition) is 1. The van der Waals surface area contributed by atoms with Crippen LogP contribution in [0.25, 0.3) is 22.0 Å². The highest BCUT2D eigenvalue weighted by Gasteiger charge is 2.16. The molecule has 3 heterocycles. The normalized spacial score (nSPS) is 11.1. The van der Waals surface area contributed by atoms with Crippen LogP contribution in [0.1, 0.15) is 21.6 Å². The van der Waals surface area contributed by atoms with Crippen LogP contribution in [0.3, 0.4) is 0 Å². The first kappa shape index (κ1) is 22.3. The van der Waals surface area contributed by atoms with Gasteiger partial charge in [0.2, 0.25) is 0 Å². The van der Waals surface area contributed by atoms with Gasteiger partial charge in [-0.3, -0.25) is 9.78 Å². The molecule has 0 aliphatic rings. The Morgan fingerprint density at radius 3 is 2.65 bits per heavy atom. The minimum Gasteiger partial charge on any atom is -0.352 e. The van der Waals surface area contributed by atoms with Crippen molar-refractivity contribution < 1.29 is 9.18 Å². The Kier molecular flexibility index (Phi) is 6.39. The summed E-state index contributed by atoms with van der Waals surface area (Å²) in [4.78, 5) is 17.2. The van der Waals surface area contributed by atoms with Crippen molar-refractivity contribution in [3.05, 3.63) is 108 Å². The Hall–Kier alpha value is -3.53. The first-order chi connectivity index (χ1) is 16.6. The average Bonchev–Trinajstić information content (AvgIpc) is 3.45. The van der Waals surface area contributed by atoms with Gasteiger partial charge in [0.05, 0.1) is 41.2 Å². The van der Waals surface area contributed by atoms with Gasteiger partial charge in [-0.25, -0.2) is 7.29 Å². The van der Waals surface area contributed by atoms with Gasteiger partial charge >= 0.3 is 0 Å². The van der Waals surface area contributed by atoms with Gasteiger partial charge in [0, 0.05) is 59.3 Å². The molecule has 170 valence electrons.